The highest BCUT2D eigenvalue weighted by Crippen LogP contribution is 2.51. The van der Waals surface area contributed by atoms with Gasteiger partial charge in [-0.15, -0.1) is 0 Å². The normalized spacial score (nSPS) is 15.3. The van der Waals surface area contributed by atoms with Gasteiger partial charge < -0.3 is 4.52 Å². The second-order valence-electron chi connectivity index (χ2n) is 3.21. The minimum atomic E-state index is -4.60. The Kier molecular flexibility index (Phi) is 4.60. The quantitative estimate of drug-likeness (QED) is 0.761. The predicted molar refractivity (Wildman–Crippen MR) is 57.2 cm³/mol. The van der Waals surface area contributed by atoms with E-state index in [2.05, 4.69) is 4.52 Å². The summed E-state index contributed by atoms with van der Waals surface area (Å²) >= 11 is 0. The highest BCUT2D eigenvalue weighted by molar-refractivity contribution is 7.54. The summed E-state index contributed by atoms with van der Waals surface area (Å²) in [4.78, 5) is 0. The maximum absolute atomic E-state index is 12.2. The zero-order valence-electron chi connectivity index (χ0n) is 9.11. The summed E-state index contributed by atoms with van der Waals surface area (Å²) in [5.41, 5.74) is 0. The number of alkyl halides is 3. The second-order valence-corrected chi connectivity index (χ2v) is 5.19. The molecule has 0 heterocycles. The van der Waals surface area contributed by atoms with Crippen LogP contribution in [0.2, 0.25) is 0 Å². The molecule has 0 N–H and O–H groups in total. The summed E-state index contributed by atoms with van der Waals surface area (Å²) in [6, 6.07) is 7.64. The summed E-state index contributed by atoms with van der Waals surface area (Å²) in [6.07, 6.45) is -6.19. The Morgan fingerprint density at radius 1 is 1.24 bits per heavy atom. The van der Waals surface area contributed by atoms with Gasteiger partial charge in [-0.2, -0.15) is 13.2 Å². The number of hydrogen-bond donors (Lipinski definition) is 0. The first-order valence-corrected chi connectivity index (χ1v) is 6.62. The Balaban J connectivity index is 2.82. The topological polar surface area (TPSA) is 35.5 Å². The minimum absolute atomic E-state index is 0.0912. The van der Waals surface area contributed by atoms with Crippen molar-refractivity contribution in [1.29, 1.82) is 0 Å². The molecule has 1 rings (SSSR count). The molecule has 0 saturated heterocycles. The van der Waals surface area contributed by atoms with Crippen LogP contribution in [0.4, 0.5) is 13.2 Å². The molecule has 1 aromatic carbocycles. The van der Waals surface area contributed by atoms with E-state index >= 15 is 0 Å². The molecule has 0 bridgehead atoms. The highest BCUT2D eigenvalue weighted by Gasteiger charge is 2.42. The van der Waals surface area contributed by atoms with Crippen molar-refractivity contribution in [1.82, 2.24) is 0 Å². The Labute approximate surface area is 97.1 Å². The van der Waals surface area contributed by atoms with Gasteiger partial charge in [-0.05, 0) is 19.1 Å². The fourth-order valence-corrected chi connectivity index (χ4v) is 2.65. The average Bonchev–Trinajstić information content (AvgIpc) is 2.15. The summed E-state index contributed by atoms with van der Waals surface area (Å²) in [5, 5.41) is 0. The molecule has 0 aliphatic rings. The van der Waals surface area contributed by atoms with E-state index in [-0.39, 0.29) is 12.4 Å². The van der Waals surface area contributed by atoms with Gasteiger partial charge in [-0.3, -0.25) is 4.52 Å². The van der Waals surface area contributed by atoms with E-state index in [1.807, 2.05) is 0 Å². The van der Waals surface area contributed by atoms with E-state index < -0.39 is 19.9 Å². The van der Waals surface area contributed by atoms with Crippen molar-refractivity contribution in [3.63, 3.8) is 0 Å². The van der Waals surface area contributed by atoms with Crippen molar-refractivity contribution in [2.45, 2.75) is 13.1 Å². The first kappa shape index (κ1) is 14.1. The largest absolute Gasteiger partial charge is 0.424 e. The number of benzene rings is 1. The van der Waals surface area contributed by atoms with Crippen molar-refractivity contribution in [3.8, 4) is 5.75 Å². The van der Waals surface area contributed by atoms with Crippen LogP contribution in [-0.2, 0) is 9.09 Å². The molecule has 96 valence electrons. The molecule has 0 aromatic heterocycles. The van der Waals surface area contributed by atoms with Gasteiger partial charge in [-0.25, -0.2) is 4.57 Å². The Hall–Kier alpha value is -1.00. The standard InChI is InChI=1S/C10H12F3O3P/c1-2-15-17(14,8-10(11,12)13)16-9-6-4-3-5-7-9/h3-7H,2,8H2,1H3. The lowest BCUT2D eigenvalue weighted by Crippen LogP contribution is -2.18. The monoisotopic (exact) mass is 268 g/mol. The average molecular weight is 268 g/mol. The van der Waals surface area contributed by atoms with E-state index in [0.717, 1.165) is 0 Å². The molecule has 0 aliphatic heterocycles. The van der Waals surface area contributed by atoms with Crippen LogP contribution in [0.1, 0.15) is 6.92 Å². The maximum Gasteiger partial charge on any atom is 0.401 e. The van der Waals surface area contributed by atoms with Gasteiger partial charge in [0.25, 0.3) is 0 Å². The molecule has 0 aliphatic carbocycles. The SMILES string of the molecule is CCOP(=O)(CC(F)(F)F)Oc1ccccc1. The zero-order chi connectivity index (χ0) is 12.9. The summed E-state index contributed by atoms with van der Waals surface area (Å²) in [6.45, 7) is 1.34. The Bertz CT molecular complexity index is 392. The van der Waals surface area contributed by atoms with E-state index in [1.165, 1.54) is 19.1 Å². The van der Waals surface area contributed by atoms with Crippen LogP contribution in [-0.4, -0.2) is 18.9 Å². The fraction of sp³-hybridized carbons (Fsp3) is 0.400. The Morgan fingerprint density at radius 2 is 1.82 bits per heavy atom. The lowest BCUT2D eigenvalue weighted by atomic mass is 10.3. The molecular weight excluding hydrogens is 256 g/mol. The second kappa shape index (κ2) is 5.56. The third-order valence-corrected chi connectivity index (χ3v) is 3.57. The number of hydrogen-bond acceptors (Lipinski definition) is 3. The first-order valence-electron chi connectivity index (χ1n) is 4.90. The van der Waals surface area contributed by atoms with Gasteiger partial charge >= 0.3 is 13.8 Å². The van der Waals surface area contributed by atoms with Gasteiger partial charge in [0.2, 0.25) is 0 Å². The molecule has 7 heteroatoms. The van der Waals surface area contributed by atoms with Gasteiger partial charge in [-0.1, -0.05) is 18.2 Å². The smallest absolute Gasteiger partial charge is 0.401 e. The van der Waals surface area contributed by atoms with Gasteiger partial charge in [0.05, 0.1) is 6.61 Å². The van der Waals surface area contributed by atoms with Crippen molar-refractivity contribution in [2.24, 2.45) is 0 Å². The van der Waals surface area contributed by atoms with Crippen LogP contribution in [0.15, 0.2) is 30.3 Å². The fourth-order valence-electron chi connectivity index (χ4n) is 1.16. The number of rotatable bonds is 5. The summed E-state index contributed by atoms with van der Waals surface area (Å²) < 4.78 is 58.0. The van der Waals surface area contributed by atoms with Gasteiger partial charge in [0.1, 0.15) is 5.75 Å². The molecular formula is C10H12F3O3P. The van der Waals surface area contributed by atoms with Crippen LogP contribution in [0.25, 0.3) is 0 Å². The molecule has 0 saturated carbocycles. The predicted octanol–water partition coefficient (Wildman–Crippen LogP) is 3.86. The molecule has 0 amide bonds. The zero-order valence-corrected chi connectivity index (χ0v) is 10.0. The van der Waals surface area contributed by atoms with Crippen molar-refractivity contribution in [2.75, 3.05) is 12.8 Å². The van der Waals surface area contributed by atoms with Crippen LogP contribution >= 0.6 is 7.60 Å². The van der Waals surface area contributed by atoms with Crippen LogP contribution < -0.4 is 4.52 Å². The van der Waals surface area contributed by atoms with Crippen LogP contribution in [0.5, 0.6) is 5.75 Å². The third kappa shape index (κ3) is 5.24. The lowest BCUT2D eigenvalue weighted by Gasteiger charge is -2.19. The summed E-state index contributed by atoms with van der Waals surface area (Å²) in [5.74, 6) is 0.0912. The van der Waals surface area contributed by atoms with Crippen molar-refractivity contribution in [3.05, 3.63) is 30.3 Å². The van der Waals surface area contributed by atoms with Crippen LogP contribution in [0.3, 0.4) is 0 Å². The lowest BCUT2D eigenvalue weighted by molar-refractivity contribution is -0.109. The molecule has 3 nitrogen and oxygen atoms in total. The molecule has 0 spiro atoms. The molecule has 17 heavy (non-hydrogen) atoms. The number of para-hydroxylation sites is 1. The molecule has 0 fully saturated rings. The maximum atomic E-state index is 12.2. The van der Waals surface area contributed by atoms with E-state index in [0.29, 0.717) is 0 Å². The number of halogens is 3. The highest BCUT2D eigenvalue weighted by atomic mass is 31.2. The van der Waals surface area contributed by atoms with E-state index in [9.17, 15) is 17.7 Å². The van der Waals surface area contributed by atoms with Crippen molar-refractivity contribution < 1.29 is 26.8 Å². The van der Waals surface area contributed by atoms with Crippen LogP contribution in [0, 0.1) is 0 Å². The molecule has 1 atom stereocenters. The first-order chi connectivity index (χ1) is 7.85. The molecule has 0 radical (unpaired) electrons. The third-order valence-electron chi connectivity index (χ3n) is 1.69. The van der Waals surface area contributed by atoms with E-state index in [1.54, 1.807) is 18.2 Å². The molecule has 1 unspecified atom stereocenters. The minimum Gasteiger partial charge on any atom is -0.424 e. The van der Waals surface area contributed by atoms with Gasteiger partial charge in [0, 0.05) is 0 Å². The Morgan fingerprint density at radius 3 is 2.29 bits per heavy atom. The molecule has 1 aromatic rings. The summed E-state index contributed by atoms with van der Waals surface area (Å²) in [7, 11) is -4.19. The van der Waals surface area contributed by atoms with Crippen molar-refractivity contribution >= 4 is 7.60 Å². The van der Waals surface area contributed by atoms with Gasteiger partial charge in [0.15, 0.2) is 6.16 Å². The van der Waals surface area contributed by atoms with E-state index in [4.69, 9.17) is 4.52 Å².